The summed E-state index contributed by atoms with van der Waals surface area (Å²) in [5, 5.41) is 9.24. The third-order valence-corrected chi connectivity index (χ3v) is 1.32. The minimum Gasteiger partial charge on any atom is -0.389 e. The third kappa shape index (κ3) is 9.72. The first-order valence-electron chi connectivity index (χ1n) is 4.40. The Balaban J connectivity index is 3.03. The molecule has 0 bridgehead atoms. The molecule has 2 N–H and O–H groups in total. The van der Waals surface area contributed by atoms with Crippen LogP contribution in [0.2, 0.25) is 0 Å². The Morgan fingerprint density at radius 2 is 2.15 bits per heavy atom. The zero-order chi connectivity index (χ0) is 9.94. The van der Waals surface area contributed by atoms with Crippen LogP contribution in [-0.4, -0.2) is 51.3 Å². The Morgan fingerprint density at radius 1 is 1.38 bits per heavy atom. The van der Waals surface area contributed by atoms with E-state index in [1.807, 2.05) is 6.92 Å². The van der Waals surface area contributed by atoms with Crippen LogP contribution in [0.5, 0.6) is 0 Å². The number of aliphatic hydroxyl groups is 1. The summed E-state index contributed by atoms with van der Waals surface area (Å²) in [6, 6.07) is 0. The van der Waals surface area contributed by atoms with Crippen molar-refractivity contribution in [3.05, 3.63) is 0 Å². The van der Waals surface area contributed by atoms with Gasteiger partial charge in [-0.15, -0.1) is 0 Å². The topological polar surface area (TPSA) is 60.0 Å². The smallest absolute Gasteiger partial charge is 0.0920 e. The highest BCUT2D eigenvalue weighted by Crippen LogP contribution is 1.83. The van der Waals surface area contributed by atoms with E-state index < -0.39 is 6.10 Å². The van der Waals surface area contributed by atoms with E-state index in [-0.39, 0.29) is 0 Å². The monoisotopic (exact) mass is 193 g/mol. The lowest BCUT2D eigenvalue weighted by molar-refractivity contribution is -0.0276. The summed E-state index contributed by atoms with van der Waals surface area (Å²) in [4.78, 5) is 4.93. The van der Waals surface area contributed by atoms with Crippen LogP contribution >= 0.6 is 0 Å². The molecular weight excluding hydrogens is 174 g/mol. The van der Waals surface area contributed by atoms with Crippen molar-refractivity contribution in [2.45, 2.75) is 13.0 Å². The SMILES string of the molecule is CCOCC(O)CNOCCOC. The largest absolute Gasteiger partial charge is 0.389 e. The second-order valence-corrected chi connectivity index (χ2v) is 2.50. The molecule has 0 aliphatic rings. The Hall–Kier alpha value is -0.200. The Bertz CT molecular complexity index is 102. The van der Waals surface area contributed by atoms with Gasteiger partial charge in [0.1, 0.15) is 0 Å². The molecule has 0 aromatic carbocycles. The van der Waals surface area contributed by atoms with Gasteiger partial charge in [-0.1, -0.05) is 0 Å². The molecule has 0 saturated heterocycles. The van der Waals surface area contributed by atoms with Crippen LogP contribution in [0.1, 0.15) is 6.92 Å². The molecule has 0 aromatic rings. The van der Waals surface area contributed by atoms with Crippen molar-refractivity contribution in [2.24, 2.45) is 0 Å². The second-order valence-electron chi connectivity index (χ2n) is 2.50. The number of rotatable bonds is 9. The van der Waals surface area contributed by atoms with Gasteiger partial charge in [0, 0.05) is 20.3 Å². The molecule has 0 fully saturated rings. The first-order valence-corrected chi connectivity index (χ1v) is 4.40. The van der Waals surface area contributed by atoms with Crippen LogP contribution in [0.15, 0.2) is 0 Å². The van der Waals surface area contributed by atoms with Crippen molar-refractivity contribution in [1.82, 2.24) is 5.48 Å². The summed E-state index contributed by atoms with van der Waals surface area (Å²) in [5.74, 6) is 0. The first kappa shape index (κ1) is 12.8. The van der Waals surface area contributed by atoms with Crippen LogP contribution in [-0.2, 0) is 14.3 Å². The Labute approximate surface area is 78.9 Å². The van der Waals surface area contributed by atoms with E-state index in [9.17, 15) is 5.11 Å². The lowest BCUT2D eigenvalue weighted by Gasteiger charge is -2.11. The van der Waals surface area contributed by atoms with Crippen LogP contribution in [0.3, 0.4) is 0 Å². The molecule has 80 valence electrons. The number of aliphatic hydroxyl groups excluding tert-OH is 1. The van der Waals surface area contributed by atoms with Gasteiger partial charge in [-0.05, 0) is 6.92 Å². The first-order chi connectivity index (χ1) is 6.31. The molecule has 0 aromatic heterocycles. The summed E-state index contributed by atoms with van der Waals surface area (Å²) >= 11 is 0. The third-order valence-electron chi connectivity index (χ3n) is 1.32. The Kier molecular flexibility index (Phi) is 9.73. The van der Waals surface area contributed by atoms with Gasteiger partial charge in [-0.3, -0.25) is 4.84 Å². The molecule has 0 spiro atoms. The van der Waals surface area contributed by atoms with Gasteiger partial charge in [-0.2, -0.15) is 5.48 Å². The highest BCUT2D eigenvalue weighted by Gasteiger charge is 2.02. The van der Waals surface area contributed by atoms with Crippen LogP contribution in [0.25, 0.3) is 0 Å². The summed E-state index contributed by atoms with van der Waals surface area (Å²) in [7, 11) is 1.60. The predicted molar refractivity (Wildman–Crippen MR) is 48.3 cm³/mol. The van der Waals surface area contributed by atoms with Gasteiger partial charge in [0.25, 0.3) is 0 Å². The molecule has 0 radical (unpaired) electrons. The molecule has 5 nitrogen and oxygen atoms in total. The van der Waals surface area contributed by atoms with E-state index in [0.717, 1.165) is 0 Å². The molecule has 0 aliphatic carbocycles. The zero-order valence-corrected chi connectivity index (χ0v) is 8.28. The van der Waals surface area contributed by atoms with Gasteiger partial charge in [0.15, 0.2) is 0 Å². The number of methoxy groups -OCH3 is 1. The number of hydroxylamine groups is 1. The fraction of sp³-hybridized carbons (Fsp3) is 1.00. The maximum atomic E-state index is 9.24. The molecule has 0 saturated carbocycles. The van der Waals surface area contributed by atoms with Gasteiger partial charge < -0.3 is 14.6 Å². The minimum absolute atomic E-state index is 0.330. The van der Waals surface area contributed by atoms with Crippen LogP contribution < -0.4 is 5.48 Å². The van der Waals surface area contributed by atoms with Gasteiger partial charge >= 0.3 is 0 Å². The van der Waals surface area contributed by atoms with E-state index in [4.69, 9.17) is 14.3 Å². The number of hydrogen-bond donors (Lipinski definition) is 2. The van der Waals surface area contributed by atoms with Crippen molar-refractivity contribution in [1.29, 1.82) is 0 Å². The zero-order valence-electron chi connectivity index (χ0n) is 8.28. The normalized spacial score (nSPS) is 13.2. The van der Waals surface area contributed by atoms with E-state index >= 15 is 0 Å². The standard InChI is InChI=1S/C8H19NO4/c1-3-12-7-8(10)6-9-13-5-4-11-2/h8-10H,3-7H2,1-2H3. The molecule has 1 atom stereocenters. The van der Waals surface area contributed by atoms with Gasteiger partial charge in [0.05, 0.1) is 25.9 Å². The van der Waals surface area contributed by atoms with E-state index in [1.54, 1.807) is 7.11 Å². The maximum Gasteiger partial charge on any atom is 0.0920 e. The van der Waals surface area contributed by atoms with Crippen molar-refractivity contribution in [2.75, 3.05) is 40.1 Å². The molecule has 13 heavy (non-hydrogen) atoms. The fourth-order valence-electron chi connectivity index (χ4n) is 0.665. The molecular formula is C8H19NO4. The molecule has 0 rings (SSSR count). The van der Waals surface area contributed by atoms with Crippen LogP contribution in [0, 0.1) is 0 Å². The van der Waals surface area contributed by atoms with Gasteiger partial charge in [-0.25, -0.2) is 0 Å². The molecule has 1 unspecified atom stereocenters. The average Bonchev–Trinajstić information content (AvgIpc) is 2.14. The summed E-state index contributed by atoms with van der Waals surface area (Å²) in [5.41, 5.74) is 2.62. The van der Waals surface area contributed by atoms with E-state index in [0.29, 0.717) is 33.0 Å². The summed E-state index contributed by atoms with van der Waals surface area (Å²) in [6.45, 7) is 4.20. The predicted octanol–water partition coefficient (Wildman–Crippen LogP) is -0.449. The summed E-state index contributed by atoms with van der Waals surface area (Å²) < 4.78 is 9.76. The number of ether oxygens (including phenoxy) is 2. The highest BCUT2D eigenvalue weighted by molar-refractivity contribution is 4.52. The Morgan fingerprint density at radius 3 is 2.77 bits per heavy atom. The van der Waals surface area contributed by atoms with E-state index in [1.165, 1.54) is 0 Å². The number of hydrogen-bond acceptors (Lipinski definition) is 5. The average molecular weight is 193 g/mol. The molecule has 5 heteroatoms. The van der Waals surface area contributed by atoms with Crippen molar-refractivity contribution in [3.63, 3.8) is 0 Å². The van der Waals surface area contributed by atoms with E-state index in [2.05, 4.69) is 5.48 Å². The lowest BCUT2D eigenvalue weighted by atomic mass is 10.4. The second kappa shape index (κ2) is 9.88. The molecule has 0 amide bonds. The van der Waals surface area contributed by atoms with Crippen molar-refractivity contribution in [3.8, 4) is 0 Å². The minimum atomic E-state index is -0.525. The molecule has 0 aliphatic heterocycles. The maximum absolute atomic E-state index is 9.24. The number of nitrogens with one attached hydrogen (secondary N) is 1. The lowest BCUT2D eigenvalue weighted by Crippen LogP contribution is -2.31. The quantitative estimate of drug-likeness (QED) is 0.384. The van der Waals surface area contributed by atoms with Crippen molar-refractivity contribution >= 4 is 0 Å². The molecule has 0 heterocycles. The highest BCUT2D eigenvalue weighted by atomic mass is 16.7. The van der Waals surface area contributed by atoms with Crippen LogP contribution in [0.4, 0.5) is 0 Å². The van der Waals surface area contributed by atoms with Gasteiger partial charge in [0.2, 0.25) is 0 Å². The fourth-order valence-corrected chi connectivity index (χ4v) is 0.665. The van der Waals surface area contributed by atoms with Crippen molar-refractivity contribution < 1.29 is 19.4 Å². The summed E-state index contributed by atoms with van der Waals surface area (Å²) in [6.07, 6.45) is -0.525.